The van der Waals surface area contributed by atoms with Crippen LogP contribution < -0.4 is 5.32 Å². The molecule has 2 aliphatic heterocycles. The maximum Gasteiger partial charge on any atom is 0.230 e. The van der Waals surface area contributed by atoms with Gasteiger partial charge in [0.1, 0.15) is 0 Å². The van der Waals surface area contributed by atoms with Gasteiger partial charge in [-0.05, 0) is 24.9 Å². The SMILES string of the molecule is CN1C[C@H](c2ccccc2)[C@]2(CCCNC2)C1=O.Cl. The number of hydrogen-bond donors (Lipinski definition) is 1. The highest BCUT2D eigenvalue weighted by Crippen LogP contribution is 2.47. The molecule has 1 aromatic rings. The molecule has 0 unspecified atom stereocenters. The first-order chi connectivity index (χ1) is 8.74. The quantitative estimate of drug-likeness (QED) is 0.854. The number of benzene rings is 1. The smallest absolute Gasteiger partial charge is 0.230 e. The highest BCUT2D eigenvalue weighted by Gasteiger charge is 2.53. The van der Waals surface area contributed by atoms with Gasteiger partial charge in [-0.2, -0.15) is 0 Å². The molecule has 2 saturated heterocycles. The van der Waals surface area contributed by atoms with Gasteiger partial charge < -0.3 is 10.2 Å². The standard InChI is InChI=1S/C15H20N2O.ClH/c1-17-10-13(12-6-3-2-4-7-12)15(14(17)18)8-5-9-16-11-15;/h2-4,6-7,13,16H,5,8-11H2,1H3;1H/t13-,15-;/m1./s1. The van der Waals surface area contributed by atoms with Gasteiger partial charge in [0.2, 0.25) is 5.91 Å². The van der Waals surface area contributed by atoms with Gasteiger partial charge in [0.25, 0.3) is 0 Å². The van der Waals surface area contributed by atoms with E-state index in [1.165, 1.54) is 5.56 Å². The molecule has 4 heteroatoms. The minimum Gasteiger partial charge on any atom is -0.345 e. The number of amides is 1. The van der Waals surface area contributed by atoms with E-state index in [0.29, 0.717) is 11.8 Å². The van der Waals surface area contributed by atoms with Gasteiger partial charge in [0.15, 0.2) is 0 Å². The Morgan fingerprint density at radius 3 is 2.68 bits per heavy atom. The molecule has 104 valence electrons. The number of likely N-dealkylation sites (N-methyl/N-ethyl adjacent to an activating group) is 1. The van der Waals surface area contributed by atoms with E-state index in [1.54, 1.807) is 0 Å². The summed E-state index contributed by atoms with van der Waals surface area (Å²) in [5, 5.41) is 3.42. The minimum atomic E-state index is -0.200. The summed E-state index contributed by atoms with van der Waals surface area (Å²) in [6.45, 7) is 2.72. The van der Waals surface area contributed by atoms with Gasteiger partial charge in [0.05, 0.1) is 5.41 Å². The van der Waals surface area contributed by atoms with Crippen LogP contribution in [0.1, 0.15) is 24.3 Å². The highest BCUT2D eigenvalue weighted by molar-refractivity contribution is 5.87. The van der Waals surface area contributed by atoms with Crippen molar-refractivity contribution in [2.24, 2.45) is 5.41 Å². The summed E-state index contributed by atoms with van der Waals surface area (Å²) in [6, 6.07) is 10.5. The van der Waals surface area contributed by atoms with E-state index in [4.69, 9.17) is 0 Å². The van der Waals surface area contributed by atoms with Gasteiger partial charge >= 0.3 is 0 Å². The molecule has 1 spiro atoms. The van der Waals surface area contributed by atoms with Crippen molar-refractivity contribution in [3.63, 3.8) is 0 Å². The lowest BCUT2D eigenvalue weighted by atomic mass is 9.69. The van der Waals surface area contributed by atoms with Crippen LogP contribution in [-0.4, -0.2) is 37.5 Å². The molecular formula is C15H21ClN2O. The maximum atomic E-state index is 12.6. The Hall–Kier alpha value is -1.06. The second kappa shape index (κ2) is 5.51. The summed E-state index contributed by atoms with van der Waals surface area (Å²) >= 11 is 0. The van der Waals surface area contributed by atoms with E-state index in [2.05, 4.69) is 29.6 Å². The fourth-order valence-electron chi connectivity index (χ4n) is 3.58. The number of nitrogens with one attached hydrogen (secondary N) is 1. The molecule has 2 heterocycles. The molecule has 1 N–H and O–H groups in total. The molecule has 0 radical (unpaired) electrons. The molecule has 1 aromatic carbocycles. The van der Waals surface area contributed by atoms with E-state index >= 15 is 0 Å². The first-order valence-electron chi connectivity index (χ1n) is 6.75. The zero-order valence-corrected chi connectivity index (χ0v) is 12.1. The monoisotopic (exact) mass is 280 g/mol. The first-order valence-corrected chi connectivity index (χ1v) is 6.75. The average Bonchev–Trinajstić information content (AvgIpc) is 2.66. The van der Waals surface area contributed by atoms with Crippen molar-refractivity contribution < 1.29 is 4.79 Å². The van der Waals surface area contributed by atoms with E-state index in [-0.39, 0.29) is 17.8 Å². The summed E-state index contributed by atoms with van der Waals surface area (Å²) in [7, 11) is 1.93. The lowest BCUT2D eigenvalue weighted by Crippen LogP contribution is -2.47. The second-order valence-electron chi connectivity index (χ2n) is 5.59. The maximum absolute atomic E-state index is 12.6. The van der Waals surface area contributed by atoms with Crippen LogP contribution >= 0.6 is 12.4 Å². The Bertz CT molecular complexity index is 443. The molecule has 19 heavy (non-hydrogen) atoms. The van der Waals surface area contributed by atoms with E-state index < -0.39 is 0 Å². The van der Waals surface area contributed by atoms with E-state index in [1.807, 2.05) is 18.0 Å². The van der Waals surface area contributed by atoms with Crippen molar-refractivity contribution in [3.05, 3.63) is 35.9 Å². The molecule has 2 fully saturated rings. The Kier molecular flexibility index (Phi) is 4.16. The van der Waals surface area contributed by atoms with Gasteiger partial charge in [0, 0.05) is 26.1 Å². The third-order valence-electron chi connectivity index (χ3n) is 4.51. The molecule has 3 nitrogen and oxygen atoms in total. The normalized spacial score (nSPS) is 30.5. The number of piperidine rings is 1. The average molecular weight is 281 g/mol. The molecule has 0 saturated carbocycles. The topological polar surface area (TPSA) is 32.3 Å². The second-order valence-corrected chi connectivity index (χ2v) is 5.59. The molecular weight excluding hydrogens is 260 g/mol. The van der Waals surface area contributed by atoms with Crippen LogP contribution in [0.4, 0.5) is 0 Å². The van der Waals surface area contributed by atoms with Crippen molar-refractivity contribution in [1.29, 1.82) is 0 Å². The fraction of sp³-hybridized carbons (Fsp3) is 0.533. The van der Waals surface area contributed by atoms with Gasteiger partial charge in [-0.1, -0.05) is 30.3 Å². The van der Waals surface area contributed by atoms with Crippen molar-refractivity contribution in [3.8, 4) is 0 Å². The molecule has 2 aliphatic rings. The third-order valence-corrected chi connectivity index (χ3v) is 4.51. The van der Waals surface area contributed by atoms with Crippen LogP contribution in [-0.2, 0) is 4.79 Å². The van der Waals surface area contributed by atoms with Crippen molar-refractivity contribution in [2.75, 3.05) is 26.7 Å². The van der Waals surface area contributed by atoms with Gasteiger partial charge in [-0.3, -0.25) is 4.79 Å². The number of rotatable bonds is 1. The third kappa shape index (κ3) is 2.26. The van der Waals surface area contributed by atoms with Gasteiger partial charge in [-0.15, -0.1) is 12.4 Å². The predicted octanol–water partition coefficient (Wildman–Crippen LogP) is 2.03. The van der Waals surface area contributed by atoms with Crippen LogP contribution in [0.3, 0.4) is 0 Å². The first kappa shape index (κ1) is 14.4. The zero-order chi connectivity index (χ0) is 12.6. The van der Waals surface area contributed by atoms with E-state index in [0.717, 1.165) is 32.5 Å². The summed E-state index contributed by atoms with van der Waals surface area (Å²) in [5.74, 6) is 0.660. The number of carbonyl (C=O) groups is 1. The van der Waals surface area contributed by atoms with Gasteiger partial charge in [-0.25, -0.2) is 0 Å². The molecule has 0 aliphatic carbocycles. The molecule has 1 amide bonds. The van der Waals surface area contributed by atoms with E-state index in [9.17, 15) is 4.79 Å². The Balaban J connectivity index is 0.00000133. The number of hydrogen-bond acceptors (Lipinski definition) is 2. The molecule has 3 rings (SSSR count). The van der Waals surface area contributed by atoms with Crippen LogP contribution in [0.5, 0.6) is 0 Å². The zero-order valence-electron chi connectivity index (χ0n) is 11.3. The summed E-state index contributed by atoms with van der Waals surface area (Å²) in [4.78, 5) is 14.5. The minimum absolute atomic E-state index is 0. The van der Waals surface area contributed by atoms with Crippen LogP contribution in [0.15, 0.2) is 30.3 Å². The number of carbonyl (C=O) groups excluding carboxylic acids is 1. The van der Waals surface area contributed by atoms with Crippen molar-refractivity contribution >= 4 is 18.3 Å². The Labute approximate surface area is 120 Å². The summed E-state index contributed by atoms with van der Waals surface area (Å²) < 4.78 is 0. The number of likely N-dealkylation sites (tertiary alicyclic amines) is 1. The molecule has 0 aromatic heterocycles. The van der Waals surface area contributed by atoms with Crippen molar-refractivity contribution in [2.45, 2.75) is 18.8 Å². The van der Waals surface area contributed by atoms with Crippen LogP contribution in [0, 0.1) is 5.41 Å². The fourth-order valence-corrected chi connectivity index (χ4v) is 3.58. The van der Waals surface area contributed by atoms with Crippen molar-refractivity contribution in [1.82, 2.24) is 10.2 Å². The summed E-state index contributed by atoms with van der Waals surface area (Å²) in [5.41, 5.74) is 1.10. The Morgan fingerprint density at radius 2 is 2.05 bits per heavy atom. The predicted molar refractivity (Wildman–Crippen MR) is 78.6 cm³/mol. The lowest BCUT2D eigenvalue weighted by molar-refractivity contribution is -0.136. The van der Waals surface area contributed by atoms with Crippen LogP contribution in [0.25, 0.3) is 0 Å². The highest BCUT2D eigenvalue weighted by atomic mass is 35.5. The lowest BCUT2D eigenvalue weighted by Gasteiger charge is -2.36. The van der Waals surface area contributed by atoms with Crippen LogP contribution in [0.2, 0.25) is 0 Å². The Morgan fingerprint density at radius 1 is 1.32 bits per heavy atom. The largest absolute Gasteiger partial charge is 0.345 e. The molecule has 2 atom stereocenters. The number of halogens is 1. The number of nitrogens with zero attached hydrogens (tertiary/aromatic N) is 1. The molecule has 0 bridgehead atoms. The summed E-state index contributed by atoms with van der Waals surface area (Å²) in [6.07, 6.45) is 2.12.